The van der Waals surface area contributed by atoms with Gasteiger partial charge < -0.3 is 10.1 Å². The number of Topliss-reactive ketones (excluding diaryl/α,β-unsaturated/α-hetero) is 1. The van der Waals surface area contributed by atoms with E-state index in [1.807, 2.05) is 0 Å². The molecule has 104 valence electrons. The Morgan fingerprint density at radius 1 is 1.32 bits per heavy atom. The molecule has 0 amide bonds. The highest BCUT2D eigenvalue weighted by atomic mass is 19.4. The summed E-state index contributed by atoms with van der Waals surface area (Å²) >= 11 is 0. The minimum atomic E-state index is -4.70. The van der Waals surface area contributed by atoms with E-state index >= 15 is 0 Å². The first-order valence-electron chi connectivity index (χ1n) is 5.58. The predicted octanol–water partition coefficient (Wildman–Crippen LogP) is 2.47. The van der Waals surface area contributed by atoms with Crippen molar-refractivity contribution in [2.45, 2.75) is 12.8 Å². The average Bonchev–Trinajstić information content (AvgIpc) is 2.30. The molecule has 0 aromatic heterocycles. The first-order valence-corrected chi connectivity index (χ1v) is 5.58. The van der Waals surface area contributed by atoms with Crippen molar-refractivity contribution >= 4 is 5.78 Å². The van der Waals surface area contributed by atoms with Gasteiger partial charge in [-0.3, -0.25) is 4.79 Å². The quantitative estimate of drug-likeness (QED) is 0.612. The summed E-state index contributed by atoms with van der Waals surface area (Å²) < 4.78 is 39.5. The van der Waals surface area contributed by atoms with E-state index in [1.54, 1.807) is 6.08 Å². The first-order chi connectivity index (χ1) is 8.90. The van der Waals surface area contributed by atoms with E-state index < -0.39 is 6.36 Å². The number of ether oxygens (including phenoxy) is 1. The number of nitrogens with one attached hydrogen (secondary N) is 1. The zero-order valence-corrected chi connectivity index (χ0v) is 10.2. The molecule has 0 saturated carbocycles. The second kappa shape index (κ2) is 6.94. The highest BCUT2D eigenvalue weighted by Gasteiger charge is 2.30. The second-order valence-corrected chi connectivity index (χ2v) is 3.83. The molecule has 0 aliphatic carbocycles. The van der Waals surface area contributed by atoms with Gasteiger partial charge in [-0.05, 0) is 17.7 Å². The topological polar surface area (TPSA) is 38.3 Å². The molecule has 0 spiro atoms. The standard InChI is InChI=1S/C13H14F3NO2/c1-2-7-17-9-11(18)8-10-3-5-12(6-4-10)19-13(14,15)16/h2-6,17H,1,7-9H2. The van der Waals surface area contributed by atoms with E-state index in [1.165, 1.54) is 24.3 Å². The lowest BCUT2D eigenvalue weighted by Gasteiger charge is -2.09. The minimum absolute atomic E-state index is 0.0497. The fourth-order valence-electron chi connectivity index (χ4n) is 1.41. The van der Waals surface area contributed by atoms with Crippen LogP contribution >= 0.6 is 0 Å². The molecule has 1 aromatic rings. The molecule has 0 atom stereocenters. The van der Waals surface area contributed by atoms with Crippen molar-refractivity contribution in [1.82, 2.24) is 5.32 Å². The van der Waals surface area contributed by atoms with Gasteiger partial charge in [0.25, 0.3) is 0 Å². The maximum absolute atomic E-state index is 11.9. The number of rotatable bonds is 7. The normalized spacial score (nSPS) is 11.1. The third-order valence-corrected chi connectivity index (χ3v) is 2.17. The number of benzene rings is 1. The van der Waals surface area contributed by atoms with Crippen molar-refractivity contribution in [3.05, 3.63) is 42.5 Å². The maximum Gasteiger partial charge on any atom is 0.573 e. The van der Waals surface area contributed by atoms with Gasteiger partial charge in [-0.1, -0.05) is 18.2 Å². The molecule has 3 nitrogen and oxygen atoms in total. The Kier molecular flexibility index (Phi) is 5.57. The van der Waals surface area contributed by atoms with Gasteiger partial charge in [0, 0.05) is 13.0 Å². The van der Waals surface area contributed by atoms with Crippen molar-refractivity contribution in [1.29, 1.82) is 0 Å². The maximum atomic E-state index is 11.9. The fraction of sp³-hybridized carbons (Fsp3) is 0.308. The fourth-order valence-corrected chi connectivity index (χ4v) is 1.41. The molecule has 0 radical (unpaired) electrons. The van der Waals surface area contributed by atoms with Crippen molar-refractivity contribution in [2.24, 2.45) is 0 Å². The van der Waals surface area contributed by atoms with Gasteiger partial charge in [-0.15, -0.1) is 19.8 Å². The largest absolute Gasteiger partial charge is 0.573 e. The van der Waals surface area contributed by atoms with E-state index in [4.69, 9.17) is 0 Å². The van der Waals surface area contributed by atoms with E-state index in [0.29, 0.717) is 12.1 Å². The van der Waals surface area contributed by atoms with Crippen molar-refractivity contribution in [3.8, 4) is 5.75 Å². The summed E-state index contributed by atoms with van der Waals surface area (Å²) in [5.74, 6) is -0.347. The molecule has 0 heterocycles. The van der Waals surface area contributed by atoms with Crippen LogP contribution in [0.4, 0.5) is 13.2 Å². The molecular formula is C13H14F3NO2. The average molecular weight is 273 g/mol. The summed E-state index contributed by atoms with van der Waals surface area (Å²) in [6.07, 6.45) is -2.90. The van der Waals surface area contributed by atoms with E-state index in [9.17, 15) is 18.0 Å². The number of carbonyl (C=O) groups excluding carboxylic acids is 1. The number of hydrogen-bond donors (Lipinski definition) is 1. The van der Waals surface area contributed by atoms with Crippen LogP contribution in [0.1, 0.15) is 5.56 Å². The Labute approximate surface area is 109 Å². The van der Waals surface area contributed by atoms with Crippen LogP contribution in [0.25, 0.3) is 0 Å². The number of carbonyl (C=O) groups is 1. The Bertz CT molecular complexity index is 427. The number of halogens is 3. The summed E-state index contributed by atoms with van der Waals surface area (Å²) in [7, 11) is 0. The highest BCUT2D eigenvalue weighted by Crippen LogP contribution is 2.22. The van der Waals surface area contributed by atoms with Gasteiger partial charge in [-0.25, -0.2) is 0 Å². The lowest BCUT2D eigenvalue weighted by molar-refractivity contribution is -0.274. The monoisotopic (exact) mass is 273 g/mol. The zero-order chi connectivity index (χ0) is 14.3. The minimum Gasteiger partial charge on any atom is -0.406 e. The van der Waals surface area contributed by atoms with Crippen LogP contribution in [0.3, 0.4) is 0 Å². The predicted molar refractivity (Wildman–Crippen MR) is 64.9 cm³/mol. The van der Waals surface area contributed by atoms with Crippen LogP contribution in [0, 0.1) is 0 Å². The number of hydrogen-bond acceptors (Lipinski definition) is 3. The van der Waals surface area contributed by atoms with Crippen LogP contribution in [0.5, 0.6) is 5.75 Å². The summed E-state index contributed by atoms with van der Waals surface area (Å²) in [6, 6.07) is 5.25. The number of alkyl halides is 3. The van der Waals surface area contributed by atoms with Gasteiger partial charge in [0.15, 0.2) is 5.78 Å². The van der Waals surface area contributed by atoms with Gasteiger partial charge >= 0.3 is 6.36 Å². The van der Waals surface area contributed by atoms with Crippen molar-refractivity contribution in [2.75, 3.05) is 13.1 Å². The van der Waals surface area contributed by atoms with Crippen LogP contribution in [0.2, 0.25) is 0 Å². The van der Waals surface area contributed by atoms with Gasteiger partial charge in [0.2, 0.25) is 0 Å². The highest BCUT2D eigenvalue weighted by molar-refractivity contribution is 5.82. The molecule has 6 heteroatoms. The molecule has 1 rings (SSSR count). The van der Waals surface area contributed by atoms with E-state index in [0.717, 1.165) is 0 Å². The van der Waals surface area contributed by atoms with Crippen LogP contribution < -0.4 is 10.1 Å². The van der Waals surface area contributed by atoms with Crippen molar-refractivity contribution < 1.29 is 22.7 Å². The van der Waals surface area contributed by atoms with E-state index in [2.05, 4.69) is 16.6 Å². The SMILES string of the molecule is C=CCNCC(=O)Cc1ccc(OC(F)(F)F)cc1. The molecule has 0 unspecified atom stereocenters. The van der Waals surface area contributed by atoms with Gasteiger partial charge in [0.05, 0.1) is 6.54 Å². The molecule has 0 bridgehead atoms. The third-order valence-electron chi connectivity index (χ3n) is 2.17. The first kappa shape index (κ1) is 15.2. The summed E-state index contributed by atoms with van der Waals surface area (Å²) in [4.78, 5) is 11.5. The lowest BCUT2D eigenvalue weighted by atomic mass is 10.1. The zero-order valence-electron chi connectivity index (χ0n) is 10.2. The molecule has 0 aliphatic heterocycles. The summed E-state index contributed by atoms with van der Waals surface area (Å²) in [6.45, 7) is 4.23. The molecule has 1 N–H and O–H groups in total. The van der Waals surface area contributed by atoms with Crippen LogP contribution in [0.15, 0.2) is 36.9 Å². The van der Waals surface area contributed by atoms with Crippen LogP contribution in [-0.2, 0) is 11.2 Å². The third kappa shape index (κ3) is 6.61. The molecule has 0 saturated heterocycles. The Balaban J connectivity index is 2.48. The van der Waals surface area contributed by atoms with Crippen LogP contribution in [-0.4, -0.2) is 25.2 Å². The molecule has 1 aromatic carbocycles. The Morgan fingerprint density at radius 2 is 1.95 bits per heavy atom. The summed E-state index contributed by atoms with van der Waals surface area (Å²) in [5, 5.41) is 2.86. The molecule has 0 fully saturated rings. The molecular weight excluding hydrogens is 259 g/mol. The Morgan fingerprint density at radius 3 is 2.47 bits per heavy atom. The smallest absolute Gasteiger partial charge is 0.406 e. The second-order valence-electron chi connectivity index (χ2n) is 3.83. The van der Waals surface area contributed by atoms with Gasteiger partial charge in [0.1, 0.15) is 5.75 Å². The van der Waals surface area contributed by atoms with Gasteiger partial charge in [-0.2, -0.15) is 0 Å². The summed E-state index contributed by atoms with van der Waals surface area (Å²) in [5.41, 5.74) is 0.639. The van der Waals surface area contributed by atoms with Crippen molar-refractivity contribution in [3.63, 3.8) is 0 Å². The molecule has 19 heavy (non-hydrogen) atoms. The number of ketones is 1. The van der Waals surface area contributed by atoms with E-state index in [-0.39, 0.29) is 24.5 Å². The lowest BCUT2D eigenvalue weighted by Crippen LogP contribution is -2.24. The Hall–Kier alpha value is -1.82. The molecule has 0 aliphatic rings.